The Morgan fingerprint density at radius 3 is 2.65 bits per heavy atom. The lowest BCUT2D eigenvalue weighted by Crippen LogP contribution is -2.26. The van der Waals surface area contributed by atoms with E-state index < -0.39 is 10.0 Å². The van der Waals surface area contributed by atoms with Gasteiger partial charge in [-0.15, -0.1) is 0 Å². The first-order valence-corrected chi connectivity index (χ1v) is 11.8. The van der Waals surface area contributed by atoms with Crippen molar-refractivity contribution in [2.45, 2.75) is 37.0 Å². The van der Waals surface area contributed by atoms with Gasteiger partial charge in [0.1, 0.15) is 5.39 Å². The summed E-state index contributed by atoms with van der Waals surface area (Å²) in [5.74, 6) is 1.33. The second-order valence-corrected chi connectivity index (χ2v) is 9.34. The summed E-state index contributed by atoms with van der Waals surface area (Å²) in [6.45, 7) is 0.311. The van der Waals surface area contributed by atoms with Gasteiger partial charge in [0.15, 0.2) is 5.65 Å². The molecule has 1 aliphatic carbocycles. The van der Waals surface area contributed by atoms with E-state index in [0.717, 1.165) is 5.39 Å². The molecule has 4 N–H and O–H groups in total. The van der Waals surface area contributed by atoms with Gasteiger partial charge in [-0.05, 0) is 43.0 Å². The minimum atomic E-state index is -3.66. The summed E-state index contributed by atoms with van der Waals surface area (Å²) in [4.78, 5) is 9.03. The summed E-state index contributed by atoms with van der Waals surface area (Å²) < 4.78 is 32.6. The number of anilines is 2. The molecule has 1 aromatic carbocycles. The third-order valence-electron chi connectivity index (χ3n) is 5.28. The predicted octanol–water partition coefficient (Wildman–Crippen LogP) is 2.33. The van der Waals surface area contributed by atoms with Gasteiger partial charge in [0.2, 0.25) is 21.9 Å². The highest BCUT2D eigenvalue weighted by Gasteiger charge is 2.17. The molecule has 10 nitrogen and oxygen atoms in total. The Labute approximate surface area is 180 Å². The zero-order chi connectivity index (χ0) is 21.7. The van der Waals surface area contributed by atoms with Crippen molar-refractivity contribution >= 4 is 32.7 Å². The van der Waals surface area contributed by atoms with Crippen molar-refractivity contribution in [3.05, 3.63) is 30.5 Å². The van der Waals surface area contributed by atoms with Crippen molar-refractivity contribution in [1.29, 1.82) is 0 Å². The fraction of sp³-hybridized carbons (Fsp3) is 0.450. The molecule has 31 heavy (non-hydrogen) atoms. The molecular formula is C20H26N6O4S. The average Bonchev–Trinajstić information content (AvgIpc) is 3.26. The molecule has 2 aromatic heterocycles. The normalized spacial score (nSPS) is 15.3. The van der Waals surface area contributed by atoms with Crippen molar-refractivity contribution in [2.24, 2.45) is 5.92 Å². The van der Waals surface area contributed by atoms with Crippen molar-refractivity contribution in [3.63, 3.8) is 0 Å². The van der Waals surface area contributed by atoms with Crippen LogP contribution in [0.15, 0.2) is 35.4 Å². The van der Waals surface area contributed by atoms with Crippen molar-refractivity contribution in [2.75, 3.05) is 25.1 Å². The Bertz CT molecular complexity index is 1110. The summed E-state index contributed by atoms with van der Waals surface area (Å²) in [6, 6.07) is 6.18. The van der Waals surface area contributed by atoms with Gasteiger partial charge < -0.3 is 15.2 Å². The lowest BCUT2D eigenvalue weighted by molar-refractivity contribution is 0.205. The predicted molar refractivity (Wildman–Crippen MR) is 116 cm³/mol. The molecule has 0 bridgehead atoms. The van der Waals surface area contributed by atoms with Crippen molar-refractivity contribution in [1.82, 2.24) is 24.9 Å². The quantitative estimate of drug-likeness (QED) is 0.392. The maximum atomic E-state index is 12.1. The molecule has 3 aromatic rings. The number of benzene rings is 1. The lowest BCUT2D eigenvalue weighted by atomic mass is 9.90. The molecular weight excluding hydrogens is 420 g/mol. The van der Waals surface area contributed by atoms with Crippen molar-refractivity contribution in [3.8, 4) is 5.88 Å². The van der Waals surface area contributed by atoms with E-state index >= 15 is 0 Å². The van der Waals surface area contributed by atoms with Crippen LogP contribution >= 0.6 is 0 Å². The smallest absolute Gasteiger partial charge is 0.240 e. The number of hydrogen-bond donors (Lipinski definition) is 4. The maximum Gasteiger partial charge on any atom is 0.240 e. The van der Waals surface area contributed by atoms with E-state index in [9.17, 15) is 8.42 Å². The van der Waals surface area contributed by atoms with Crippen LogP contribution in [-0.2, 0) is 10.0 Å². The van der Waals surface area contributed by atoms with Gasteiger partial charge in [-0.3, -0.25) is 5.10 Å². The Hall–Kier alpha value is -2.76. The summed E-state index contributed by atoms with van der Waals surface area (Å²) >= 11 is 0. The second kappa shape index (κ2) is 9.58. The highest BCUT2D eigenvalue weighted by molar-refractivity contribution is 7.89. The van der Waals surface area contributed by atoms with Gasteiger partial charge in [0.25, 0.3) is 0 Å². The fourth-order valence-corrected chi connectivity index (χ4v) is 4.66. The average molecular weight is 447 g/mol. The number of H-pyrrole nitrogens is 1. The number of sulfonamides is 1. The minimum Gasteiger partial charge on any atom is -0.477 e. The van der Waals surface area contributed by atoms with Crippen LogP contribution in [0.1, 0.15) is 32.1 Å². The number of fused-ring (bicyclic) bond motifs is 1. The largest absolute Gasteiger partial charge is 0.477 e. The van der Waals surface area contributed by atoms with E-state index in [1.54, 1.807) is 18.3 Å². The molecule has 4 rings (SSSR count). The van der Waals surface area contributed by atoms with E-state index in [0.29, 0.717) is 35.7 Å². The van der Waals surface area contributed by atoms with Crippen LogP contribution in [0.2, 0.25) is 0 Å². The summed E-state index contributed by atoms with van der Waals surface area (Å²) in [6.07, 6.45) is 7.77. The zero-order valence-electron chi connectivity index (χ0n) is 17.0. The maximum absolute atomic E-state index is 12.1. The van der Waals surface area contributed by atoms with E-state index in [1.165, 1.54) is 44.2 Å². The minimum absolute atomic E-state index is 0.0377. The van der Waals surface area contributed by atoms with Crippen LogP contribution in [0.4, 0.5) is 11.6 Å². The third-order valence-corrected chi connectivity index (χ3v) is 6.76. The van der Waals surface area contributed by atoms with Crippen LogP contribution in [0.3, 0.4) is 0 Å². The molecule has 0 unspecified atom stereocenters. The number of hydrogen-bond acceptors (Lipinski definition) is 8. The molecule has 0 atom stereocenters. The first-order chi connectivity index (χ1) is 15.0. The van der Waals surface area contributed by atoms with Crippen LogP contribution in [-0.4, -0.2) is 53.4 Å². The van der Waals surface area contributed by atoms with E-state index in [2.05, 4.69) is 30.2 Å². The van der Waals surface area contributed by atoms with Gasteiger partial charge >= 0.3 is 0 Å². The second-order valence-electron chi connectivity index (χ2n) is 7.57. The molecule has 1 fully saturated rings. The number of aromatic amines is 1. The Morgan fingerprint density at radius 1 is 1.13 bits per heavy atom. The molecule has 0 amide bonds. The Kier molecular flexibility index (Phi) is 6.64. The highest BCUT2D eigenvalue weighted by atomic mass is 32.2. The van der Waals surface area contributed by atoms with Crippen molar-refractivity contribution < 1.29 is 18.3 Å². The van der Waals surface area contributed by atoms with Crippen LogP contribution in [0.5, 0.6) is 5.88 Å². The first kappa shape index (κ1) is 21.5. The van der Waals surface area contributed by atoms with E-state index in [1.807, 2.05) is 0 Å². The van der Waals surface area contributed by atoms with Crippen LogP contribution in [0.25, 0.3) is 11.0 Å². The Balaban J connectivity index is 1.49. The van der Waals surface area contributed by atoms with Gasteiger partial charge in [-0.1, -0.05) is 19.3 Å². The molecule has 166 valence electrons. The SMILES string of the molecule is O=S(=O)(NCCO)c1ccc(Nc2nc(OCC3CCCCC3)c3cn[nH]c3n2)cc1. The third kappa shape index (κ3) is 5.30. The molecule has 0 spiro atoms. The summed E-state index contributed by atoms with van der Waals surface area (Å²) in [7, 11) is -3.66. The van der Waals surface area contributed by atoms with Crippen LogP contribution in [0, 0.1) is 5.92 Å². The molecule has 2 heterocycles. The highest BCUT2D eigenvalue weighted by Crippen LogP contribution is 2.28. The summed E-state index contributed by atoms with van der Waals surface area (Å²) in [5, 5.41) is 19.5. The summed E-state index contributed by atoms with van der Waals surface area (Å²) in [5.41, 5.74) is 1.18. The first-order valence-electron chi connectivity index (χ1n) is 10.4. The number of aliphatic hydroxyl groups is 1. The molecule has 1 aliphatic rings. The van der Waals surface area contributed by atoms with Gasteiger partial charge in [0, 0.05) is 12.2 Å². The lowest BCUT2D eigenvalue weighted by Gasteiger charge is -2.21. The topological polar surface area (TPSA) is 142 Å². The number of ether oxygens (including phenoxy) is 1. The molecule has 0 aliphatic heterocycles. The number of aliphatic hydroxyl groups excluding tert-OH is 1. The fourth-order valence-electron chi connectivity index (χ4n) is 3.63. The number of nitrogens with one attached hydrogen (secondary N) is 3. The molecule has 1 saturated carbocycles. The standard InChI is InChI=1S/C20H26N6O4S/c27-11-10-22-31(28,29)16-8-6-15(7-9-16)23-20-24-18-17(12-21-26-18)19(25-20)30-13-14-4-2-1-3-5-14/h6-9,12,14,22,27H,1-5,10-11,13H2,(H2,21,23,24,25,26). The van der Waals surface area contributed by atoms with Gasteiger partial charge in [-0.25, -0.2) is 13.1 Å². The monoisotopic (exact) mass is 446 g/mol. The zero-order valence-corrected chi connectivity index (χ0v) is 17.9. The van der Waals surface area contributed by atoms with E-state index in [4.69, 9.17) is 9.84 Å². The number of rotatable bonds is 9. The number of aromatic nitrogens is 4. The Morgan fingerprint density at radius 2 is 1.90 bits per heavy atom. The molecule has 11 heteroatoms. The molecule has 0 radical (unpaired) electrons. The van der Waals surface area contributed by atoms with Gasteiger partial charge in [0.05, 0.1) is 24.3 Å². The van der Waals surface area contributed by atoms with Crippen LogP contribution < -0.4 is 14.8 Å². The molecule has 0 saturated heterocycles. The number of nitrogens with zero attached hydrogens (tertiary/aromatic N) is 3. The van der Waals surface area contributed by atoms with E-state index in [-0.39, 0.29) is 18.0 Å². The van der Waals surface area contributed by atoms with Gasteiger partial charge in [-0.2, -0.15) is 15.1 Å².